The van der Waals surface area contributed by atoms with Crippen molar-refractivity contribution in [1.82, 2.24) is 20.6 Å². The molecule has 0 spiro atoms. The Labute approximate surface area is 179 Å². The van der Waals surface area contributed by atoms with Crippen molar-refractivity contribution in [1.29, 1.82) is 0 Å². The molecule has 6 nitrogen and oxygen atoms in total. The van der Waals surface area contributed by atoms with Gasteiger partial charge in [0.05, 0.1) is 38.9 Å². The maximum atomic E-state index is 12.6. The summed E-state index contributed by atoms with van der Waals surface area (Å²) in [6, 6.07) is 4.16. The quantitative estimate of drug-likeness (QED) is 0.373. The fourth-order valence-corrected chi connectivity index (χ4v) is 4.52. The first-order chi connectivity index (χ1) is 13.3. The van der Waals surface area contributed by atoms with Crippen LogP contribution in [0.5, 0.6) is 0 Å². The summed E-state index contributed by atoms with van der Waals surface area (Å²) < 4.78 is 25.2. The fraction of sp³-hybridized carbons (Fsp3) is 0.278. The van der Waals surface area contributed by atoms with Gasteiger partial charge in [-0.3, -0.25) is 0 Å². The highest BCUT2D eigenvalue weighted by atomic mass is 35.5. The molecule has 0 atom stereocenters. The number of terminal acetylenes is 1. The summed E-state index contributed by atoms with van der Waals surface area (Å²) in [6.45, 7) is 2.71. The van der Waals surface area contributed by atoms with Crippen molar-refractivity contribution < 1.29 is 8.42 Å². The van der Waals surface area contributed by atoms with Gasteiger partial charge in [-0.25, -0.2) is 13.4 Å². The summed E-state index contributed by atoms with van der Waals surface area (Å²) in [7, 11) is -3.73. The number of hydrogen-bond donors (Lipinski definition) is 3. The topological polar surface area (TPSA) is 86.9 Å². The van der Waals surface area contributed by atoms with Crippen LogP contribution < -0.4 is 10.6 Å². The van der Waals surface area contributed by atoms with Crippen molar-refractivity contribution in [2.75, 3.05) is 18.8 Å². The number of H-pyrrole nitrogens is 1. The van der Waals surface area contributed by atoms with Crippen LogP contribution in [0.4, 0.5) is 0 Å². The maximum absolute atomic E-state index is 12.6. The number of aromatic nitrogens is 2. The van der Waals surface area contributed by atoms with Gasteiger partial charge in [0.1, 0.15) is 5.82 Å². The van der Waals surface area contributed by atoms with Crippen LogP contribution in [0.25, 0.3) is 0 Å². The predicted molar refractivity (Wildman–Crippen MR) is 116 cm³/mol. The Kier molecular flexibility index (Phi) is 8.58. The molecular formula is C18H20Cl2N4O2S2. The molecule has 0 aliphatic carbocycles. The highest BCUT2D eigenvalue weighted by Gasteiger charge is 2.15. The lowest BCUT2D eigenvalue weighted by atomic mass is 10.4. The zero-order chi connectivity index (χ0) is 20.6. The number of nitrogens with one attached hydrogen (secondary N) is 3. The number of aromatic amines is 1. The van der Waals surface area contributed by atoms with E-state index in [9.17, 15) is 8.42 Å². The second kappa shape index (κ2) is 10.7. The molecule has 2 aromatic rings. The van der Waals surface area contributed by atoms with Gasteiger partial charge in [0.15, 0.2) is 0 Å². The summed E-state index contributed by atoms with van der Waals surface area (Å²) in [4.78, 5) is 7.33. The van der Waals surface area contributed by atoms with E-state index < -0.39 is 9.84 Å². The lowest BCUT2D eigenvalue weighted by Gasteiger charge is -2.12. The second-order valence-electron chi connectivity index (χ2n) is 5.66. The van der Waals surface area contributed by atoms with Gasteiger partial charge < -0.3 is 15.6 Å². The fourth-order valence-electron chi connectivity index (χ4n) is 2.13. The van der Waals surface area contributed by atoms with Crippen molar-refractivity contribution >= 4 is 44.8 Å². The Morgan fingerprint density at radius 2 is 2.14 bits per heavy atom. The van der Waals surface area contributed by atoms with Crippen molar-refractivity contribution in [3.63, 3.8) is 0 Å². The maximum Gasteiger partial charge on any atom is 0.203 e. The molecule has 0 saturated heterocycles. The van der Waals surface area contributed by atoms with Crippen LogP contribution in [-0.2, 0) is 15.6 Å². The van der Waals surface area contributed by atoms with E-state index in [0.717, 1.165) is 28.3 Å². The van der Waals surface area contributed by atoms with E-state index in [1.165, 1.54) is 18.2 Å². The molecule has 0 bridgehead atoms. The van der Waals surface area contributed by atoms with E-state index >= 15 is 0 Å². The number of nitrogens with zero attached hydrogens (tertiary/aromatic N) is 1. The molecule has 0 aliphatic heterocycles. The number of aryl methyl sites for hydroxylation is 1. The van der Waals surface area contributed by atoms with E-state index in [0.29, 0.717) is 12.4 Å². The Morgan fingerprint density at radius 1 is 1.36 bits per heavy atom. The first kappa shape index (κ1) is 22.5. The minimum absolute atomic E-state index is 0.0482. The Balaban J connectivity index is 1.99. The standard InChI is InChI=1S/C18H20Cl2N4O2S2/c1-3-6-21-18(22-7-8-27-10-17-13(2)23-12-24-17)11-28(25,26)14-4-5-15(19)16(20)9-14/h1,4-5,9,11-12,21-22H,6-8,10H2,2H3,(H,23,24)/b18-11-. The molecule has 0 radical (unpaired) electrons. The number of thioether (sulfide) groups is 1. The van der Waals surface area contributed by atoms with Gasteiger partial charge >= 0.3 is 0 Å². The average Bonchev–Trinajstić information content (AvgIpc) is 3.06. The van der Waals surface area contributed by atoms with Crippen LogP contribution >= 0.6 is 35.0 Å². The zero-order valence-corrected chi connectivity index (χ0v) is 18.3. The highest BCUT2D eigenvalue weighted by molar-refractivity contribution is 7.98. The molecule has 0 fully saturated rings. The van der Waals surface area contributed by atoms with Crippen molar-refractivity contribution in [3.05, 3.63) is 57.2 Å². The van der Waals surface area contributed by atoms with Crippen LogP contribution in [0, 0.1) is 19.3 Å². The molecule has 2 rings (SSSR count). The monoisotopic (exact) mass is 458 g/mol. The SMILES string of the molecule is C#CCN/C(=C/S(=O)(=O)c1ccc(Cl)c(Cl)c1)NCCSCc1nc[nH]c1C. The van der Waals surface area contributed by atoms with Crippen molar-refractivity contribution in [3.8, 4) is 12.3 Å². The van der Waals surface area contributed by atoms with Gasteiger partial charge in [0, 0.05) is 23.7 Å². The first-order valence-electron chi connectivity index (χ1n) is 8.23. The molecule has 0 saturated carbocycles. The third kappa shape index (κ3) is 6.67. The molecule has 0 aliphatic rings. The third-order valence-electron chi connectivity index (χ3n) is 3.61. The van der Waals surface area contributed by atoms with E-state index in [-0.39, 0.29) is 21.5 Å². The molecule has 150 valence electrons. The summed E-state index contributed by atoms with van der Waals surface area (Å²) >= 11 is 13.5. The Morgan fingerprint density at radius 3 is 2.79 bits per heavy atom. The number of halogens is 2. The highest BCUT2D eigenvalue weighted by Crippen LogP contribution is 2.25. The molecule has 3 N–H and O–H groups in total. The van der Waals surface area contributed by atoms with Gasteiger partial charge in [-0.1, -0.05) is 29.1 Å². The van der Waals surface area contributed by atoms with Gasteiger partial charge in [0.25, 0.3) is 0 Å². The van der Waals surface area contributed by atoms with Gasteiger partial charge in [-0.2, -0.15) is 11.8 Å². The van der Waals surface area contributed by atoms with E-state index in [1.54, 1.807) is 18.1 Å². The average molecular weight is 459 g/mol. The van der Waals surface area contributed by atoms with Crippen LogP contribution in [0.3, 0.4) is 0 Å². The van der Waals surface area contributed by atoms with Gasteiger partial charge in [-0.05, 0) is 25.1 Å². The number of imidazole rings is 1. The zero-order valence-electron chi connectivity index (χ0n) is 15.1. The number of benzene rings is 1. The first-order valence-corrected chi connectivity index (χ1v) is 11.7. The number of hydrogen-bond acceptors (Lipinski definition) is 6. The molecule has 1 heterocycles. The summed E-state index contributed by atoms with van der Waals surface area (Å²) in [5, 5.41) is 7.52. The summed E-state index contributed by atoms with van der Waals surface area (Å²) in [6.07, 6.45) is 6.94. The lowest BCUT2D eigenvalue weighted by Crippen LogP contribution is -2.29. The molecule has 28 heavy (non-hydrogen) atoms. The van der Waals surface area contributed by atoms with Crippen molar-refractivity contribution in [2.24, 2.45) is 0 Å². The van der Waals surface area contributed by atoms with E-state index in [2.05, 4.69) is 26.5 Å². The smallest absolute Gasteiger partial charge is 0.203 e. The molecule has 0 unspecified atom stereocenters. The second-order valence-corrected chi connectivity index (χ2v) is 9.38. The van der Waals surface area contributed by atoms with Gasteiger partial charge in [-0.15, -0.1) is 6.42 Å². The number of sulfone groups is 1. The molecule has 1 aromatic carbocycles. The number of rotatable bonds is 10. The van der Waals surface area contributed by atoms with Crippen LogP contribution in [0.2, 0.25) is 10.0 Å². The summed E-state index contributed by atoms with van der Waals surface area (Å²) in [5.41, 5.74) is 2.05. The molecule has 10 heteroatoms. The minimum Gasteiger partial charge on any atom is -0.370 e. The largest absolute Gasteiger partial charge is 0.370 e. The normalized spacial score (nSPS) is 11.9. The van der Waals surface area contributed by atoms with E-state index in [4.69, 9.17) is 29.6 Å². The Bertz CT molecular complexity index is 982. The van der Waals surface area contributed by atoms with Gasteiger partial charge in [0.2, 0.25) is 9.84 Å². The van der Waals surface area contributed by atoms with Crippen LogP contribution in [0.15, 0.2) is 40.7 Å². The molecule has 0 amide bonds. The minimum atomic E-state index is -3.73. The molecule has 1 aromatic heterocycles. The summed E-state index contributed by atoms with van der Waals surface area (Å²) in [5.74, 6) is 4.28. The Hall–Kier alpha value is -1.79. The van der Waals surface area contributed by atoms with E-state index in [1.807, 2.05) is 6.92 Å². The van der Waals surface area contributed by atoms with Crippen molar-refractivity contribution in [2.45, 2.75) is 17.6 Å². The van der Waals surface area contributed by atoms with Crippen LogP contribution in [-0.4, -0.2) is 37.2 Å². The lowest BCUT2D eigenvalue weighted by molar-refractivity contribution is 0.603. The molecular weight excluding hydrogens is 439 g/mol. The predicted octanol–water partition coefficient (Wildman–Crippen LogP) is 3.34. The third-order valence-corrected chi connectivity index (χ3v) is 6.77. The van der Waals surface area contributed by atoms with Crippen LogP contribution in [0.1, 0.15) is 11.4 Å².